The van der Waals surface area contributed by atoms with Crippen LogP contribution in [0.5, 0.6) is 0 Å². The molecule has 1 saturated heterocycles. The predicted octanol–water partition coefficient (Wildman–Crippen LogP) is 3.52. The minimum atomic E-state index is -0.292. The molecule has 5 heteroatoms. The third kappa shape index (κ3) is 2.12. The molecule has 0 N–H and O–H groups in total. The first-order valence-electron chi connectivity index (χ1n) is 7.50. The summed E-state index contributed by atoms with van der Waals surface area (Å²) in [4.78, 5) is 12.2. The second-order valence-corrected chi connectivity index (χ2v) is 6.83. The van der Waals surface area contributed by atoms with Gasteiger partial charge in [0.15, 0.2) is 5.58 Å². The Morgan fingerprint density at radius 3 is 2.90 bits per heavy atom. The summed E-state index contributed by atoms with van der Waals surface area (Å²) in [5, 5.41) is 0.636. The fourth-order valence-corrected chi connectivity index (χ4v) is 3.82. The van der Waals surface area contributed by atoms with Gasteiger partial charge in [-0.25, -0.2) is 4.79 Å². The van der Waals surface area contributed by atoms with Gasteiger partial charge in [-0.1, -0.05) is 11.6 Å². The van der Waals surface area contributed by atoms with Crippen LogP contribution in [0.3, 0.4) is 0 Å². The number of hydrogen-bond acceptors (Lipinski definition) is 3. The minimum Gasteiger partial charge on any atom is -0.407 e. The summed E-state index contributed by atoms with van der Waals surface area (Å²) in [5.41, 5.74) is 2.46. The van der Waals surface area contributed by atoms with E-state index in [2.05, 4.69) is 0 Å². The summed E-state index contributed by atoms with van der Waals surface area (Å²) >= 11 is 6.14. The van der Waals surface area contributed by atoms with E-state index < -0.39 is 0 Å². The molecule has 2 aliphatic rings. The van der Waals surface area contributed by atoms with Gasteiger partial charge in [-0.2, -0.15) is 0 Å². The second kappa shape index (κ2) is 4.62. The molecule has 1 aliphatic carbocycles. The molecule has 0 spiro atoms. The fraction of sp³-hybridized carbons (Fsp3) is 0.562. The van der Waals surface area contributed by atoms with E-state index in [0.717, 1.165) is 43.4 Å². The number of halogens is 1. The van der Waals surface area contributed by atoms with Gasteiger partial charge in [0.25, 0.3) is 0 Å². The topological polar surface area (TPSA) is 44.4 Å². The van der Waals surface area contributed by atoms with Crippen molar-refractivity contribution in [3.8, 4) is 0 Å². The van der Waals surface area contributed by atoms with Crippen LogP contribution in [-0.4, -0.2) is 17.3 Å². The molecule has 1 aliphatic heterocycles. The molecule has 4 rings (SSSR count). The van der Waals surface area contributed by atoms with Crippen LogP contribution in [0.1, 0.15) is 31.2 Å². The minimum absolute atomic E-state index is 0.118. The van der Waals surface area contributed by atoms with E-state index >= 15 is 0 Å². The Bertz CT molecular complexity index is 751. The van der Waals surface area contributed by atoms with Gasteiger partial charge < -0.3 is 9.15 Å². The summed E-state index contributed by atoms with van der Waals surface area (Å²) in [6.45, 7) is 3.43. The molecule has 1 saturated carbocycles. The lowest BCUT2D eigenvalue weighted by molar-refractivity contribution is 0.0432. The third-order valence-electron chi connectivity index (χ3n) is 4.90. The standard InChI is InChI=1S/C16H18ClNO3/c1-10-7-11(17)8-12-14(10)21-15(19)18(12)9-16(4-5-16)13-3-2-6-20-13/h7-8,13H,2-6,9H2,1H3. The van der Waals surface area contributed by atoms with Crippen molar-refractivity contribution in [3.05, 3.63) is 33.3 Å². The number of ether oxygens (including phenoxy) is 1. The Balaban J connectivity index is 1.77. The maximum atomic E-state index is 12.2. The van der Waals surface area contributed by atoms with Gasteiger partial charge in [-0.3, -0.25) is 4.57 Å². The maximum Gasteiger partial charge on any atom is 0.419 e. The van der Waals surface area contributed by atoms with E-state index in [0.29, 0.717) is 17.2 Å². The molecule has 1 aromatic heterocycles. The van der Waals surface area contributed by atoms with Gasteiger partial charge in [-0.15, -0.1) is 0 Å². The number of hydrogen-bond donors (Lipinski definition) is 0. The highest BCUT2D eigenvalue weighted by molar-refractivity contribution is 6.31. The normalized spacial score (nSPS) is 23.8. The molecule has 2 aromatic rings. The number of nitrogens with zero attached hydrogens (tertiary/aromatic N) is 1. The van der Waals surface area contributed by atoms with Gasteiger partial charge in [0.1, 0.15) is 0 Å². The third-order valence-corrected chi connectivity index (χ3v) is 5.12. The molecule has 2 fully saturated rings. The SMILES string of the molecule is Cc1cc(Cl)cc2c1oc(=O)n2CC1(C2CCCO2)CC1. The number of aromatic nitrogens is 1. The molecule has 0 radical (unpaired) electrons. The van der Waals surface area contributed by atoms with Crippen LogP contribution in [0.4, 0.5) is 0 Å². The number of fused-ring (bicyclic) bond motifs is 1. The van der Waals surface area contributed by atoms with Crippen molar-refractivity contribution in [2.75, 3.05) is 6.61 Å². The number of aryl methyl sites for hydroxylation is 1. The Hall–Kier alpha value is -1.26. The lowest BCUT2D eigenvalue weighted by atomic mass is 9.96. The molecule has 21 heavy (non-hydrogen) atoms. The van der Waals surface area contributed by atoms with Gasteiger partial charge in [0, 0.05) is 23.6 Å². The highest BCUT2D eigenvalue weighted by atomic mass is 35.5. The first kappa shape index (κ1) is 13.4. The van der Waals surface area contributed by atoms with Crippen LogP contribution in [0.25, 0.3) is 11.1 Å². The van der Waals surface area contributed by atoms with Gasteiger partial charge >= 0.3 is 5.76 Å². The number of rotatable bonds is 3. The lowest BCUT2D eigenvalue weighted by Gasteiger charge is -2.22. The highest BCUT2D eigenvalue weighted by Gasteiger charge is 2.51. The summed E-state index contributed by atoms with van der Waals surface area (Å²) in [6.07, 6.45) is 4.75. The largest absolute Gasteiger partial charge is 0.419 e. The average Bonchev–Trinajstić information content (AvgIpc) is 2.88. The fourth-order valence-electron chi connectivity index (χ4n) is 3.55. The molecule has 1 aromatic carbocycles. The van der Waals surface area contributed by atoms with Crippen molar-refractivity contribution in [2.24, 2.45) is 5.41 Å². The molecule has 4 nitrogen and oxygen atoms in total. The molecule has 0 amide bonds. The van der Waals surface area contributed by atoms with Crippen molar-refractivity contribution < 1.29 is 9.15 Å². The van der Waals surface area contributed by atoms with Crippen LogP contribution in [0, 0.1) is 12.3 Å². The zero-order valence-electron chi connectivity index (χ0n) is 12.0. The monoisotopic (exact) mass is 307 g/mol. The van der Waals surface area contributed by atoms with E-state index in [4.69, 9.17) is 20.8 Å². The molecular weight excluding hydrogens is 290 g/mol. The van der Waals surface area contributed by atoms with Gasteiger partial charge in [0.05, 0.1) is 11.6 Å². The molecule has 0 bridgehead atoms. The average molecular weight is 308 g/mol. The number of oxazole rings is 1. The van der Waals surface area contributed by atoms with E-state index in [1.165, 1.54) is 0 Å². The maximum absolute atomic E-state index is 12.2. The van der Waals surface area contributed by atoms with Gasteiger partial charge in [0.2, 0.25) is 0 Å². The van der Waals surface area contributed by atoms with E-state index in [1.54, 1.807) is 4.57 Å². The second-order valence-electron chi connectivity index (χ2n) is 6.39. The predicted molar refractivity (Wildman–Crippen MR) is 80.9 cm³/mol. The van der Waals surface area contributed by atoms with Crippen LogP contribution >= 0.6 is 11.6 Å². The Labute approximate surface area is 127 Å². The van der Waals surface area contributed by atoms with E-state index in [9.17, 15) is 4.79 Å². The Morgan fingerprint density at radius 2 is 2.24 bits per heavy atom. The zero-order valence-corrected chi connectivity index (χ0v) is 12.8. The van der Waals surface area contributed by atoms with Crippen LogP contribution in [-0.2, 0) is 11.3 Å². The van der Waals surface area contributed by atoms with Crippen LogP contribution in [0.2, 0.25) is 5.02 Å². The van der Waals surface area contributed by atoms with Crippen molar-refractivity contribution in [1.29, 1.82) is 0 Å². The van der Waals surface area contributed by atoms with Gasteiger partial charge in [-0.05, 0) is 50.3 Å². The molecule has 112 valence electrons. The summed E-state index contributed by atoms with van der Waals surface area (Å²) in [5.74, 6) is -0.292. The molecule has 1 atom stereocenters. The van der Waals surface area contributed by atoms with Crippen molar-refractivity contribution in [1.82, 2.24) is 4.57 Å². The number of benzene rings is 1. The summed E-state index contributed by atoms with van der Waals surface area (Å²) in [6, 6.07) is 3.64. The lowest BCUT2D eigenvalue weighted by Crippen LogP contribution is -2.29. The van der Waals surface area contributed by atoms with Crippen molar-refractivity contribution in [2.45, 2.75) is 45.3 Å². The summed E-state index contributed by atoms with van der Waals surface area (Å²) < 4.78 is 13.0. The van der Waals surface area contributed by atoms with Crippen molar-refractivity contribution in [3.63, 3.8) is 0 Å². The molecule has 2 heterocycles. The van der Waals surface area contributed by atoms with E-state index in [-0.39, 0.29) is 17.3 Å². The van der Waals surface area contributed by atoms with Crippen LogP contribution < -0.4 is 5.76 Å². The first-order valence-corrected chi connectivity index (χ1v) is 7.88. The Kier molecular flexibility index (Phi) is 2.95. The zero-order chi connectivity index (χ0) is 14.6. The van der Waals surface area contributed by atoms with E-state index in [1.807, 2.05) is 19.1 Å². The Morgan fingerprint density at radius 1 is 1.43 bits per heavy atom. The van der Waals surface area contributed by atoms with Crippen LogP contribution in [0.15, 0.2) is 21.3 Å². The highest BCUT2D eigenvalue weighted by Crippen LogP contribution is 2.54. The van der Waals surface area contributed by atoms with Crippen molar-refractivity contribution >= 4 is 22.7 Å². The smallest absolute Gasteiger partial charge is 0.407 e. The molecule has 1 unspecified atom stereocenters. The first-order chi connectivity index (χ1) is 10.1. The molecular formula is C16H18ClNO3. The quantitative estimate of drug-likeness (QED) is 0.871. The summed E-state index contributed by atoms with van der Waals surface area (Å²) in [7, 11) is 0.